The zero-order valence-electron chi connectivity index (χ0n) is 14.3. The molecule has 0 fully saturated rings. The molecule has 3 aromatic rings. The van der Waals surface area contributed by atoms with Crippen LogP contribution in [0.3, 0.4) is 0 Å². The Kier molecular flexibility index (Phi) is 5.34. The van der Waals surface area contributed by atoms with Crippen LogP contribution >= 0.6 is 0 Å². The lowest BCUT2D eigenvalue weighted by molar-refractivity contribution is -0.118. The summed E-state index contributed by atoms with van der Waals surface area (Å²) in [5, 5.41) is 8.39. The van der Waals surface area contributed by atoms with Gasteiger partial charge in [0.05, 0.1) is 13.3 Å². The molecule has 132 valence electrons. The van der Waals surface area contributed by atoms with Crippen LogP contribution in [0.2, 0.25) is 0 Å². The van der Waals surface area contributed by atoms with E-state index in [1.54, 1.807) is 18.2 Å². The molecule has 3 aromatic carbocycles. The second-order valence-corrected chi connectivity index (χ2v) is 5.55. The summed E-state index contributed by atoms with van der Waals surface area (Å²) in [5.74, 6) is 5.86. The van der Waals surface area contributed by atoms with Crippen LogP contribution in [0.15, 0.2) is 65.8 Å². The molecule has 0 aliphatic carbocycles. The van der Waals surface area contributed by atoms with Crippen molar-refractivity contribution < 1.29 is 14.3 Å². The standard InChI is InChI=1S/C20H19N3O3/c1-25-19-11-14(12-22-21)9-10-18(19)26-13-20(24)23-17-8-4-6-15-5-2-3-7-16(15)17/h2-12H,13,21H2,1H3,(H,23,24). The van der Waals surface area contributed by atoms with Crippen LogP contribution in [0.4, 0.5) is 5.69 Å². The number of amides is 1. The minimum atomic E-state index is -0.254. The molecule has 0 atom stereocenters. The van der Waals surface area contributed by atoms with E-state index in [-0.39, 0.29) is 12.5 Å². The van der Waals surface area contributed by atoms with Crippen molar-refractivity contribution in [2.45, 2.75) is 0 Å². The minimum absolute atomic E-state index is 0.135. The van der Waals surface area contributed by atoms with Crippen LogP contribution in [-0.4, -0.2) is 25.8 Å². The molecule has 0 saturated heterocycles. The molecule has 26 heavy (non-hydrogen) atoms. The number of anilines is 1. The third-order valence-electron chi connectivity index (χ3n) is 3.83. The van der Waals surface area contributed by atoms with E-state index in [9.17, 15) is 4.79 Å². The van der Waals surface area contributed by atoms with Crippen molar-refractivity contribution in [1.82, 2.24) is 0 Å². The maximum atomic E-state index is 12.3. The second-order valence-electron chi connectivity index (χ2n) is 5.55. The summed E-state index contributed by atoms with van der Waals surface area (Å²) in [6.45, 7) is -0.135. The average Bonchev–Trinajstić information content (AvgIpc) is 2.67. The second kappa shape index (κ2) is 8.02. The fourth-order valence-corrected chi connectivity index (χ4v) is 2.63. The molecular formula is C20H19N3O3. The number of rotatable bonds is 6. The number of nitrogens with zero attached hydrogens (tertiary/aromatic N) is 1. The van der Waals surface area contributed by atoms with Gasteiger partial charge in [-0.2, -0.15) is 5.10 Å². The minimum Gasteiger partial charge on any atom is -0.493 e. The van der Waals surface area contributed by atoms with Crippen LogP contribution in [0.1, 0.15) is 5.56 Å². The van der Waals surface area contributed by atoms with Gasteiger partial charge in [0.1, 0.15) is 0 Å². The maximum Gasteiger partial charge on any atom is 0.262 e. The summed E-state index contributed by atoms with van der Waals surface area (Å²) in [4.78, 5) is 12.3. The molecule has 3 N–H and O–H groups in total. The lowest BCUT2D eigenvalue weighted by atomic mass is 10.1. The first kappa shape index (κ1) is 17.3. The number of hydrogen-bond acceptors (Lipinski definition) is 5. The predicted octanol–water partition coefficient (Wildman–Crippen LogP) is 3.16. The lowest BCUT2D eigenvalue weighted by Gasteiger charge is -2.12. The largest absolute Gasteiger partial charge is 0.493 e. The van der Waals surface area contributed by atoms with Crippen molar-refractivity contribution in [1.29, 1.82) is 0 Å². The predicted molar refractivity (Wildman–Crippen MR) is 103 cm³/mol. The Hall–Kier alpha value is -3.54. The highest BCUT2D eigenvalue weighted by Gasteiger charge is 2.10. The number of nitrogens with one attached hydrogen (secondary N) is 1. The number of fused-ring (bicyclic) bond motifs is 1. The van der Waals surface area contributed by atoms with Crippen molar-refractivity contribution in [3.8, 4) is 11.5 Å². The quantitative estimate of drug-likeness (QED) is 0.407. The van der Waals surface area contributed by atoms with Gasteiger partial charge >= 0.3 is 0 Å². The summed E-state index contributed by atoms with van der Waals surface area (Å²) in [7, 11) is 1.53. The van der Waals surface area contributed by atoms with Crippen molar-refractivity contribution in [3.05, 3.63) is 66.2 Å². The van der Waals surface area contributed by atoms with Gasteiger partial charge in [0.15, 0.2) is 18.1 Å². The molecule has 0 heterocycles. The fraction of sp³-hybridized carbons (Fsp3) is 0.100. The third kappa shape index (κ3) is 3.92. The molecular weight excluding hydrogens is 330 g/mol. The zero-order valence-corrected chi connectivity index (χ0v) is 14.3. The first-order valence-corrected chi connectivity index (χ1v) is 8.03. The van der Waals surface area contributed by atoms with Gasteiger partial charge in [0.25, 0.3) is 5.91 Å². The van der Waals surface area contributed by atoms with E-state index in [2.05, 4.69) is 10.4 Å². The topological polar surface area (TPSA) is 85.9 Å². The van der Waals surface area contributed by atoms with E-state index in [4.69, 9.17) is 15.3 Å². The number of carbonyl (C=O) groups is 1. The molecule has 0 saturated carbocycles. The van der Waals surface area contributed by atoms with Gasteiger partial charge in [-0.25, -0.2) is 0 Å². The molecule has 0 unspecified atom stereocenters. The van der Waals surface area contributed by atoms with Gasteiger partial charge in [-0.1, -0.05) is 36.4 Å². The Morgan fingerprint density at radius 1 is 1.12 bits per heavy atom. The van der Waals surface area contributed by atoms with Gasteiger partial charge in [-0.15, -0.1) is 0 Å². The van der Waals surface area contributed by atoms with Gasteiger partial charge in [-0.05, 0) is 35.2 Å². The van der Waals surface area contributed by atoms with Crippen LogP contribution in [0.25, 0.3) is 10.8 Å². The maximum absolute atomic E-state index is 12.3. The van der Waals surface area contributed by atoms with Crippen molar-refractivity contribution in [3.63, 3.8) is 0 Å². The van der Waals surface area contributed by atoms with Crippen LogP contribution in [0, 0.1) is 0 Å². The Balaban J connectivity index is 1.69. The normalized spacial score (nSPS) is 10.8. The number of methoxy groups -OCH3 is 1. The Morgan fingerprint density at radius 3 is 2.73 bits per heavy atom. The van der Waals surface area contributed by atoms with Crippen LogP contribution < -0.4 is 20.6 Å². The zero-order chi connectivity index (χ0) is 18.4. The first-order chi connectivity index (χ1) is 12.7. The number of carbonyl (C=O) groups excluding carboxylic acids is 1. The third-order valence-corrected chi connectivity index (χ3v) is 3.83. The number of hydrazone groups is 1. The SMILES string of the molecule is COc1cc(C=NN)ccc1OCC(=O)Nc1cccc2ccccc12. The molecule has 6 heteroatoms. The van der Waals surface area contributed by atoms with Crippen molar-refractivity contribution in [2.75, 3.05) is 19.0 Å². The smallest absolute Gasteiger partial charge is 0.262 e. The van der Waals surface area contributed by atoms with Gasteiger partial charge in [-0.3, -0.25) is 4.79 Å². The number of benzene rings is 3. The van der Waals surface area contributed by atoms with E-state index in [0.717, 1.165) is 22.0 Å². The average molecular weight is 349 g/mol. The van der Waals surface area contributed by atoms with E-state index in [1.165, 1.54) is 13.3 Å². The molecule has 0 bridgehead atoms. The van der Waals surface area contributed by atoms with Gasteiger partial charge in [0, 0.05) is 11.1 Å². The molecule has 6 nitrogen and oxygen atoms in total. The van der Waals surface area contributed by atoms with Gasteiger partial charge in [0.2, 0.25) is 0 Å². The molecule has 3 rings (SSSR count). The number of nitrogens with two attached hydrogens (primary N) is 1. The molecule has 0 aliphatic heterocycles. The summed E-state index contributed by atoms with van der Waals surface area (Å²) in [6, 6.07) is 18.8. The molecule has 1 amide bonds. The summed E-state index contributed by atoms with van der Waals surface area (Å²) >= 11 is 0. The summed E-state index contributed by atoms with van der Waals surface area (Å²) in [6.07, 6.45) is 1.50. The Morgan fingerprint density at radius 2 is 1.92 bits per heavy atom. The highest BCUT2D eigenvalue weighted by Crippen LogP contribution is 2.28. The van der Waals surface area contributed by atoms with E-state index >= 15 is 0 Å². The summed E-state index contributed by atoms with van der Waals surface area (Å²) in [5.41, 5.74) is 1.52. The van der Waals surface area contributed by atoms with Crippen LogP contribution in [0.5, 0.6) is 11.5 Å². The first-order valence-electron chi connectivity index (χ1n) is 8.03. The van der Waals surface area contributed by atoms with E-state index in [0.29, 0.717) is 11.5 Å². The lowest BCUT2D eigenvalue weighted by Crippen LogP contribution is -2.20. The van der Waals surface area contributed by atoms with Crippen molar-refractivity contribution in [2.24, 2.45) is 10.9 Å². The molecule has 0 aromatic heterocycles. The molecule has 0 aliphatic rings. The highest BCUT2D eigenvalue weighted by atomic mass is 16.5. The van der Waals surface area contributed by atoms with E-state index < -0.39 is 0 Å². The monoisotopic (exact) mass is 349 g/mol. The fourth-order valence-electron chi connectivity index (χ4n) is 2.63. The Bertz CT molecular complexity index is 949. The van der Waals surface area contributed by atoms with Crippen LogP contribution in [-0.2, 0) is 4.79 Å². The summed E-state index contributed by atoms with van der Waals surface area (Å²) < 4.78 is 10.9. The molecule has 0 spiro atoms. The highest BCUT2D eigenvalue weighted by molar-refractivity contribution is 6.02. The molecule has 0 radical (unpaired) electrons. The number of hydrogen-bond donors (Lipinski definition) is 2. The van der Waals surface area contributed by atoms with Crippen molar-refractivity contribution >= 4 is 28.6 Å². The Labute approximate surface area is 151 Å². The van der Waals surface area contributed by atoms with Gasteiger partial charge < -0.3 is 20.6 Å². The van der Waals surface area contributed by atoms with E-state index in [1.807, 2.05) is 42.5 Å². The number of ether oxygens (including phenoxy) is 2.